The maximum atomic E-state index is 13.4. The summed E-state index contributed by atoms with van der Waals surface area (Å²) in [5.74, 6) is 0.363. The minimum absolute atomic E-state index is 0.0114. The molecule has 6 nitrogen and oxygen atoms in total. The second-order valence-corrected chi connectivity index (χ2v) is 9.11. The van der Waals surface area contributed by atoms with Crippen LogP contribution in [0.2, 0.25) is 0 Å². The van der Waals surface area contributed by atoms with Gasteiger partial charge in [-0.2, -0.15) is 0 Å². The summed E-state index contributed by atoms with van der Waals surface area (Å²) in [6.07, 6.45) is 2.53. The highest BCUT2D eigenvalue weighted by Gasteiger charge is 2.63. The number of fused-ring (bicyclic) bond motifs is 1. The Balaban J connectivity index is 1.55. The normalized spacial score (nSPS) is 24.7. The quantitative estimate of drug-likeness (QED) is 0.830. The Kier molecular flexibility index (Phi) is 4.77. The summed E-state index contributed by atoms with van der Waals surface area (Å²) in [7, 11) is 1.73. The molecule has 29 heavy (non-hydrogen) atoms. The van der Waals surface area contributed by atoms with Crippen LogP contribution < -0.4 is 5.32 Å². The van der Waals surface area contributed by atoms with Gasteiger partial charge < -0.3 is 19.4 Å². The fourth-order valence-corrected chi connectivity index (χ4v) is 5.53. The van der Waals surface area contributed by atoms with Crippen molar-refractivity contribution < 1.29 is 18.7 Å². The molecule has 154 valence electrons. The van der Waals surface area contributed by atoms with Gasteiger partial charge in [0.15, 0.2) is 5.76 Å². The lowest BCUT2D eigenvalue weighted by Crippen LogP contribution is -2.55. The lowest BCUT2D eigenvalue weighted by molar-refractivity contribution is -0.107. The van der Waals surface area contributed by atoms with E-state index in [-0.39, 0.29) is 28.4 Å². The van der Waals surface area contributed by atoms with Gasteiger partial charge in [-0.15, -0.1) is 0 Å². The number of benzene rings is 1. The zero-order chi connectivity index (χ0) is 20.8. The number of ether oxygens (including phenoxy) is 1. The summed E-state index contributed by atoms with van der Waals surface area (Å²) in [5, 5.41) is 2.85. The molecule has 4 rings (SSSR count). The Morgan fingerprint density at radius 1 is 1.28 bits per heavy atom. The van der Waals surface area contributed by atoms with Crippen molar-refractivity contribution in [3.63, 3.8) is 0 Å². The average molecular weight is 396 g/mol. The van der Waals surface area contributed by atoms with Gasteiger partial charge >= 0.3 is 0 Å². The number of amides is 2. The number of nitrogens with one attached hydrogen (secondary N) is 1. The minimum Gasteiger partial charge on any atom is -0.459 e. The molecule has 1 N–H and O–H groups in total. The van der Waals surface area contributed by atoms with Crippen molar-refractivity contribution in [2.45, 2.75) is 27.2 Å². The van der Waals surface area contributed by atoms with Crippen LogP contribution in [-0.4, -0.2) is 43.5 Å². The van der Waals surface area contributed by atoms with Gasteiger partial charge in [-0.25, -0.2) is 0 Å². The van der Waals surface area contributed by atoms with E-state index in [1.54, 1.807) is 31.4 Å². The van der Waals surface area contributed by atoms with Crippen LogP contribution in [0.25, 0.3) is 0 Å². The molecule has 2 heterocycles. The first-order valence-corrected chi connectivity index (χ1v) is 10.0. The van der Waals surface area contributed by atoms with E-state index in [0.29, 0.717) is 23.8 Å². The molecular formula is C23H28N2O4. The standard InChI is InChI=1S/C23H28N2O4/c1-15-16(7-5-8-17(15)24-20(26)18-9-6-10-29-18)21(27)25-11-19-22(2,3)12-23(19,13-25)14-28-4/h5-10,19H,11-14H2,1-4H3,(H,24,26)/t19-,23-/m1/s1. The lowest BCUT2D eigenvalue weighted by atomic mass is 9.48. The van der Waals surface area contributed by atoms with Gasteiger partial charge in [-0.05, 0) is 54.5 Å². The fraction of sp³-hybridized carbons (Fsp3) is 0.478. The van der Waals surface area contributed by atoms with Crippen LogP contribution >= 0.6 is 0 Å². The summed E-state index contributed by atoms with van der Waals surface area (Å²) >= 11 is 0. The summed E-state index contributed by atoms with van der Waals surface area (Å²) in [5.41, 5.74) is 2.28. The smallest absolute Gasteiger partial charge is 0.291 e. The van der Waals surface area contributed by atoms with E-state index in [1.807, 2.05) is 17.9 Å². The molecule has 6 heteroatoms. The molecule has 2 amide bonds. The first-order chi connectivity index (χ1) is 13.8. The van der Waals surface area contributed by atoms with Gasteiger partial charge in [0.05, 0.1) is 12.9 Å². The summed E-state index contributed by atoms with van der Waals surface area (Å²) in [4.78, 5) is 27.7. The predicted molar refractivity (Wildman–Crippen MR) is 110 cm³/mol. The monoisotopic (exact) mass is 396 g/mol. The number of carbonyl (C=O) groups excluding carboxylic acids is 2. The fourth-order valence-electron chi connectivity index (χ4n) is 5.53. The number of methoxy groups -OCH3 is 1. The maximum absolute atomic E-state index is 13.4. The van der Waals surface area contributed by atoms with Crippen molar-refractivity contribution >= 4 is 17.5 Å². The van der Waals surface area contributed by atoms with E-state index in [0.717, 1.165) is 25.1 Å². The van der Waals surface area contributed by atoms with Crippen LogP contribution in [0.4, 0.5) is 5.69 Å². The lowest BCUT2D eigenvalue weighted by Gasteiger charge is -2.56. The molecule has 2 atom stereocenters. The SMILES string of the molecule is COC[C@@]12CN(C(=O)c3cccc(NC(=O)c4ccco4)c3C)C[C@@H]1C(C)(C)C2. The van der Waals surface area contributed by atoms with Crippen LogP contribution in [0.5, 0.6) is 0 Å². The highest BCUT2D eigenvalue weighted by molar-refractivity contribution is 6.04. The van der Waals surface area contributed by atoms with E-state index in [2.05, 4.69) is 19.2 Å². The molecule has 1 aromatic carbocycles. The number of furan rings is 1. The Labute approximate surface area is 171 Å². The largest absolute Gasteiger partial charge is 0.459 e. The number of hydrogen-bond donors (Lipinski definition) is 1. The Morgan fingerprint density at radius 2 is 2.07 bits per heavy atom. The third-order valence-corrected chi connectivity index (χ3v) is 6.68. The van der Waals surface area contributed by atoms with Crippen LogP contribution in [0.1, 0.15) is 46.7 Å². The van der Waals surface area contributed by atoms with E-state index in [9.17, 15) is 9.59 Å². The Hall–Kier alpha value is -2.60. The molecule has 1 aliphatic heterocycles. The molecule has 1 aliphatic carbocycles. The van der Waals surface area contributed by atoms with Crippen molar-refractivity contribution in [1.29, 1.82) is 0 Å². The molecule has 2 aromatic rings. The number of rotatable bonds is 5. The number of anilines is 1. The van der Waals surface area contributed by atoms with E-state index >= 15 is 0 Å². The second kappa shape index (κ2) is 7.02. The third-order valence-electron chi connectivity index (χ3n) is 6.68. The van der Waals surface area contributed by atoms with Gasteiger partial charge in [-0.3, -0.25) is 9.59 Å². The molecule has 1 saturated carbocycles. The van der Waals surface area contributed by atoms with Gasteiger partial charge in [0.25, 0.3) is 11.8 Å². The minimum atomic E-state index is -0.331. The van der Waals surface area contributed by atoms with E-state index < -0.39 is 0 Å². The molecule has 1 aromatic heterocycles. The van der Waals surface area contributed by atoms with Gasteiger partial charge in [0.2, 0.25) is 0 Å². The maximum Gasteiger partial charge on any atom is 0.291 e. The van der Waals surface area contributed by atoms with Crippen molar-refractivity contribution in [1.82, 2.24) is 4.90 Å². The number of carbonyl (C=O) groups is 2. The molecule has 0 unspecified atom stereocenters. The van der Waals surface area contributed by atoms with Crippen molar-refractivity contribution in [3.8, 4) is 0 Å². The number of nitrogens with zero attached hydrogens (tertiary/aromatic N) is 1. The average Bonchev–Trinajstić information content (AvgIpc) is 3.30. The molecule has 0 spiro atoms. The topological polar surface area (TPSA) is 71.8 Å². The summed E-state index contributed by atoms with van der Waals surface area (Å²) < 4.78 is 10.7. The van der Waals surface area contributed by atoms with Crippen LogP contribution in [-0.2, 0) is 4.74 Å². The van der Waals surface area contributed by atoms with Crippen molar-refractivity contribution in [2.75, 3.05) is 32.1 Å². The van der Waals surface area contributed by atoms with Crippen LogP contribution in [0, 0.1) is 23.7 Å². The van der Waals surface area contributed by atoms with E-state index in [1.165, 1.54) is 6.26 Å². The highest BCUT2D eigenvalue weighted by atomic mass is 16.5. The van der Waals surface area contributed by atoms with Crippen molar-refractivity contribution in [3.05, 3.63) is 53.5 Å². The van der Waals surface area contributed by atoms with Crippen molar-refractivity contribution in [2.24, 2.45) is 16.7 Å². The third kappa shape index (κ3) is 3.25. The summed E-state index contributed by atoms with van der Waals surface area (Å²) in [6, 6.07) is 8.71. The zero-order valence-corrected chi connectivity index (χ0v) is 17.5. The molecule has 0 bridgehead atoms. The van der Waals surface area contributed by atoms with E-state index in [4.69, 9.17) is 9.15 Å². The van der Waals surface area contributed by atoms with Gasteiger partial charge in [0.1, 0.15) is 0 Å². The second-order valence-electron chi connectivity index (χ2n) is 9.11. The first-order valence-electron chi connectivity index (χ1n) is 10.0. The van der Waals surface area contributed by atoms with Gasteiger partial charge in [0, 0.05) is 36.9 Å². The molecule has 2 fully saturated rings. The predicted octanol–water partition coefficient (Wildman–Crippen LogP) is 3.98. The van der Waals surface area contributed by atoms with Crippen LogP contribution in [0.3, 0.4) is 0 Å². The zero-order valence-electron chi connectivity index (χ0n) is 17.5. The summed E-state index contributed by atoms with van der Waals surface area (Å²) in [6.45, 7) is 8.56. The first kappa shape index (κ1) is 19.7. The molecule has 0 radical (unpaired) electrons. The Bertz CT molecular complexity index is 934. The number of likely N-dealkylation sites (tertiary alicyclic amines) is 1. The molecule has 1 saturated heterocycles. The number of hydrogen-bond acceptors (Lipinski definition) is 4. The molecular weight excluding hydrogens is 368 g/mol. The Morgan fingerprint density at radius 3 is 2.72 bits per heavy atom. The van der Waals surface area contributed by atoms with Crippen LogP contribution in [0.15, 0.2) is 41.0 Å². The highest BCUT2D eigenvalue weighted by Crippen LogP contribution is 2.62. The van der Waals surface area contributed by atoms with Gasteiger partial charge in [-0.1, -0.05) is 19.9 Å². The molecule has 2 aliphatic rings.